The monoisotopic (exact) mass is 271 g/mol. The topological polar surface area (TPSA) is 23.8 Å². The van der Waals surface area contributed by atoms with Gasteiger partial charge in [0.15, 0.2) is 0 Å². The molecule has 1 aliphatic rings. The summed E-state index contributed by atoms with van der Waals surface area (Å²) in [5, 5.41) is 0. The molecule has 98 valence electrons. The van der Waals surface area contributed by atoms with Gasteiger partial charge in [-0.1, -0.05) is 20.8 Å². The van der Waals surface area contributed by atoms with E-state index in [0.29, 0.717) is 0 Å². The van der Waals surface area contributed by atoms with Crippen molar-refractivity contribution >= 4 is 0 Å². The minimum atomic E-state index is -0.250. The summed E-state index contributed by atoms with van der Waals surface area (Å²) in [6.07, 6.45) is 10.0. The maximum atomic E-state index is 6.94. The Hall–Kier alpha value is 0.154. The number of hydrogen-bond acceptors (Lipinski definition) is 0. The molecule has 1 nitrogen and oxygen atoms in total. The predicted molar refractivity (Wildman–Crippen MR) is 76.9 cm³/mol. The normalized spacial score (nSPS) is 11.2. The van der Waals surface area contributed by atoms with Gasteiger partial charge in [0, 0.05) is 0 Å². The van der Waals surface area contributed by atoms with Crippen molar-refractivity contribution in [2.45, 2.75) is 60.4 Å². The van der Waals surface area contributed by atoms with Crippen LogP contribution in [-0.2, 0) is 21.7 Å². The van der Waals surface area contributed by atoms with Gasteiger partial charge in [-0.3, -0.25) is 6.08 Å². The van der Waals surface area contributed by atoms with Crippen molar-refractivity contribution in [1.82, 2.24) is 0 Å². The van der Waals surface area contributed by atoms with E-state index in [0.717, 1.165) is 6.42 Å². The molecule has 0 bridgehead atoms. The van der Waals surface area contributed by atoms with Crippen LogP contribution in [0, 0.1) is 18.9 Å². The molecule has 0 aromatic rings. The van der Waals surface area contributed by atoms with Crippen LogP contribution >= 0.6 is 0 Å². The first kappa shape index (κ1) is 25.9. The van der Waals surface area contributed by atoms with E-state index < -0.39 is 0 Å². The fourth-order valence-corrected chi connectivity index (χ4v) is 0.340. The summed E-state index contributed by atoms with van der Waals surface area (Å²) in [5.74, 6) is 1.42. The average molecular weight is 271 g/mol. The fraction of sp³-hybridized carbons (Fsp3) is 0.600. The van der Waals surface area contributed by atoms with Gasteiger partial charge in [0.25, 0.3) is 0 Å². The molecule has 1 rings (SSSR count). The molecular weight excluding hydrogens is 242 g/mol. The average Bonchev–Trinajstić information content (AvgIpc) is 2.58. The van der Waals surface area contributed by atoms with Gasteiger partial charge in [-0.2, -0.15) is 33.8 Å². The van der Waals surface area contributed by atoms with Gasteiger partial charge in [0.1, 0.15) is 0 Å². The summed E-state index contributed by atoms with van der Waals surface area (Å²) in [6.45, 7) is 16.8. The van der Waals surface area contributed by atoms with Crippen LogP contribution in [0.2, 0.25) is 0 Å². The zero-order chi connectivity index (χ0) is 13.6. The van der Waals surface area contributed by atoms with Crippen molar-refractivity contribution < 1.29 is 21.7 Å². The van der Waals surface area contributed by atoms with Gasteiger partial charge in [-0.05, 0) is 0 Å². The first-order valence-corrected chi connectivity index (χ1v) is 5.67. The standard InChI is InChI=1S/C5H5.C4H10N.C4H9.C2H5.Ti/c1-2-4-5-3-1;1-4(2,3)5;1-4(2)3;1-2;/h1-3H,4H2;5H,1-3H3;1-3H3;1H2,2H3;/q4*-1;+4. The van der Waals surface area contributed by atoms with E-state index in [2.05, 4.69) is 39.8 Å². The van der Waals surface area contributed by atoms with E-state index >= 15 is 0 Å². The van der Waals surface area contributed by atoms with Crippen LogP contribution < -0.4 is 0 Å². The predicted octanol–water partition coefficient (Wildman–Crippen LogP) is 5.60. The van der Waals surface area contributed by atoms with Crippen LogP contribution in [-0.4, -0.2) is 5.54 Å². The second-order valence-electron chi connectivity index (χ2n) is 4.75. The molecule has 0 fully saturated rings. The van der Waals surface area contributed by atoms with Gasteiger partial charge in [-0.25, -0.2) is 12.2 Å². The molecule has 2 heteroatoms. The Morgan fingerprint density at radius 1 is 1.18 bits per heavy atom. The second-order valence-corrected chi connectivity index (χ2v) is 4.75. The van der Waals surface area contributed by atoms with E-state index in [9.17, 15) is 0 Å². The maximum absolute atomic E-state index is 6.94. The van der Waals surface area contributed by atoms with Crippen LogP contribution in [0.25, 0.3) is 5.73 Å². The minimum Gasteiger partial charge on any atom is -0.673 e. The minimum absolute atomic E-state index is 0. The third-order valence-electron chi connectivity index (χ3n) is 0.586. The first-order chi connectivity index (χ1) is 7.23. The second kappa shape index (κ2) is 18.5. The molecule has 17 heavy (non-hydrogen) atoms. The van der Waals surface area contributed by atoms with E-state index in [4.69, 9.17) is 5.73 Å². The molecule has 0 radical (unpaired) electrons. The molecule has 0 amide bonds. The number of hydrogen-bond donors (Lipinski definition) is 0. The Balaban J connectivity index is -0.0000000681. The number of nitrogens with one attached hydrogen (secondary N) is 1. The van der Waals surface area contributed by atoms with Crippen molar-refractivity contribution in [3.63, 3.8) is 0 Å². The molecule has 0 unspecified atom stereocenters. The summed E-state index contributed by atoms with van der Waals surface area (Å²) in [7, 11) is 0. The molecule has 0 saturated heterocycles. The smallest absolute Gasteiger partial charge is 0.673 e. The molecule has 0 saturated carbocycles. The third-order valence-corrected chi connectivity index (χ3v) is 0.586. The van der Waals surface area contributed by atoms with Crippen molar-refractivity contribution in [2.75, 3.05) is 0 Å². The summed E-state index contributed by atoms with van der Waals surface area (Å²) in [6, 6.07) is 0. The van der Waals surface area contributed by atoms with E-state index in [-0.39, 0.29) is 27.3 Å². The molecular formula is C15H29NTi. The van der Waals surface area contributed by atoms with Crippen LogP contribution in [0.5, 0.6) is 0 Å². The Kier molecular flexibility index (Phi) is 28.2. The van der Waals surface area contributed by atoms with Crippen molar-refractivity contribution in [3.05, 3.63) is 42.9 Å². The van der Waals surface area contributed by atoms with Crippen LogP contribution in [0.1, 0.15) is 54.9 Å². The molecule has 0 spiro atoms. The van der Waals surface area contributed by atoms with E-state index in [1.807, 2.05) is 32.9 Å². The van der Waals surface area contributed by atoms with Crippen molar-refractivity contribution in [3.8, 4) is 0 Å². The van der Waals surface area contributed by atoms with Gasteiger partial charge in [0.05, 0.1) is 0 Å². The van der Waals surface area contributed by atoms with E-state index in [1.165, 1.54) is 5.92 Å². The fourth-order valence-electron chi connectivity index (χ4n) is 0.340. The quantitative estimate of drug-likeness (QED) is 0.404. The molecule has 0 aromatic carbocycles. The zero-order valence-electron chi connectivity index (χ0n) is 12.6. The largest absolute Gasteiger partial charge is 4.00 e. The zero-order valence-corrected chi connectivity index (χ0v) is 14.2. The molecule has 0 heterocycles. The van der Waals surface area contributed by atoms with Gasteiger partial charge in [-0.15, -0.1) is 12.0 Å². The Morgan fingerprint density at radius 2 is 1.47 bits per heavy atom. The summed E-state index contributed by atoms with van der Waals surface area (Å²) >= 11 is 0. The summed E-state index contributed by atoms with van der Waals surface area (Å²) < 4.78 is 0. The maximum Gasteiger partial charge on any atom is 4.00 e. The Bertz CT molecular complexity index is 145. The number of allylic oxidation sites excluding steroid dienone is 4. The molecule has 1 N–H and O–H groups in total. The third kappa shape index (κ3) is 122. The summed E-state index contributed by atoms with van der Waals surface area (Å²) in [5.41, 5.74) is 6.69. The Labute approximate surface area is 125 Å². The molecule has 0 aliphatic heterocycles. The molecule has 1 aliphatic carbocycles. The van der Waals surface area contributed by atoms with Crippen LogP contribution in [0.3, 0.4) is 0 Å². The van der Waals surface area contributed by atoms with Gasteiger partial charge < -0.3 is 18.6 Å². The van der Waals surface area contributed by atoms with Gasteiger partial charge in [0.2, 0.25) is 0 Å². The van der Waals surface area contributed by atoms with Gasteiger partial charge >= 0.3 is 21.7 Å². The first-order valence-electron chi connectivity index (χ1n) is 5.67. The SMILES string of the molecule is CC(C)(C)[NH-].C[C-](C)C.[C-]1=CC=CC1.[CH2-]C.[Ti+4]. The molecule has 0 aromatic heterocycles. The Morgan fingerprint density at radius 3 is 1.53 bits per heavy atom. The number of rotatable bonds is 0. The van der Waals surface area contributed by atoms with E-state index in [1.54, 1.807) is 6.92 Å². The van der Waals surface area contributed by atoms with Crippen molar-refractivity contribution in [1.29, 1.82) is 0 Å². The molecule has 0 atom stereocenters. The van der Waals surface area contributed by atoms with Crippen LogP contribution in [0.15, 0.2) is 18.2 Å². The van der Waals surface area contributed by atoms with Crippen LogP contribution in [0.4, 0.5) is 0 Å². The summed E-state index contributed by atoms with van der Waals surface area (Å²) in [4.78, 5) is 0. The van der Waals surface area contributed by atoms with Crippen molar-refractivity contribution in [2.24, 2.45) is 0 Å².